The molecule has 2 aromatic carbocycles. The summed E-state index contributed by atoms with van der Waals surface area (Å²) in [6, 6.07) is 12.8. The van der Waals surface area contributed by atoms with E-state index in [2.05, 4.69) is 5.10 Å². The highest BCUT2D eigenvalue weighted by molar-refractivity contribution is 14.1. The van der Waals surface area contributed by atoms with Gasteiger partial charge in [0.1, 0.15) is 12.5 Å². The van der Waals surface area contributed by atoms with Crippen LogP contribution < -0.4 is 4.90 Å². The summed E-state index contributed by atoms with van der Waals surface area (Å²) in [7, 11) is 0. The Hall–Kier alpha value is -2.33. The van der Waals surface area contributed by atoms with Gasteiger partial charge in [-0.2, -0.15) is 5.10 Å². The van der Waals surface area contributed by atoms with E-state index in [0.29, 0.717) is 31.6 Å². The van der Waals surface area contributed by atoms with Crippen LogP contribution in [0, 0.1) is 5.82 Å². The van der Waals surface area contributed by atoms with Crippen molar-refractivity contribution in [3.8, 4) is 11.1 Å². The predicted molar refractivity (Wildman–Crippen MR) is 123 cm³/mol. The van der Waals surface area contributed by atoms with E-state index in [1.165, 1.54) is 6.07 Å². The minimum atomic E-state index is -0.670. The number of nitrogens with zero attached hydrogens (tertiary/aromatic N) is 4. The molecular weight excluding hydrogens is 513 g/mol. The van der Waals surface area contributed by atoms with Crippen molar-refractivity contribution in [1.29, 1.82) is 0 Å². The Bertz CT molecular complexity index is 1150. The number of carbonyl (C=O) groups is 1. The summed E-state index contributed by atoms with van der Waals surface area (Å²) >= 11 is 2.04. The third kappa shape index (κ3) is 3.45. The Balaban J connectivity index is 1.45. The largest absolute Gasteiger partial charge is 0.307 e. The average Bonchev–Trinajstić information content (AvgIpc) is 3.45. The minimum Gasteiger partial charge on any atom is -0.307 e. The molecule has 3 heterocycles. The van der Waals surface area contributed by atoms with Gasteiger partial charge in [-0.1, -0.05) is 30.3 Å². The van der Waals surface area contributed by atoms with E-state index in [9.17, 15) is 9.18 Å². The van der Waals surface area contributed by atoms with E-state index in [1.54, 1.807) is 20.1 Å². The quantitative estimate of drug-likeness (QED) is 0.458. The Morgan fingerprint density at radius 3 is 2.74 bits per heavy atom. The molecular formula is C23H21F2IN4O. The Labute approximate surface area is 193 Å². The van der Waals surface area contributed by atoms with Crippen LogP contribution in [0.1, 0.15) is 17.5 Å². The molecule has 31 heavy (non-hydrogen) atoms. The van der Waals surface area contributed by atoms with Crippen molar-refractivity contribution in [2.24, 2.45) is 0 Å². The smallest absolute Gasteiger partial charge is 0.239 e. The van der Waals surface area contributed by atoms with Crippen LogP contribution in [0.4, 0.5) is 14.5 Å². The first-order valence-corrected chi connectivity index (χ1v) is 11.2. The number of likely N-dealkylation sites (tertiary alicyclic amines) is 1. The van der Waals surface area contributed by atoms with Crippen LogP contribution >= 0.6 is 22.9 Å². The second-order valence-corrected chi connectivity index (χ2v) is 9.12. The molecule has 1 spiro atoms. The highest BCUT2D eigenvalue weighted by Crippen LogP contribution is 2.47. The highest BCUT2D eigenvalue weighted by Gasteiger charge is 2.54. The maximum Gasteiger partial charge on any atom is 0.239 e. The lowest BCUT2D eigenvalue weighted by Gasteiger charge is -2.24. The summed E-state index contributed by atoms with van der Waals surface area (Å²) < 4.78 is 29.6. The Kier molecular flexibility index (Phi) is 5.29. The van der Waals surface area contributed by atoms with Gasteiger partial charge in [-0.25, -0.2) is 11.7 Å². The van der Waals surface area contributed by atoms with Crippen LogP contribution in [0.2, 0.25) is 0 Å². The van der Waals surface area contributed by atoms with Gasteiger partial charge in [-0.05, 0) is 36.2 Å². The van der Waals surface area contributed by atoms with Crippen LogP contribution in [-0.4, -0.2) is 45.1 Å². The number of aromatic nitrogens is 2. The van der Waals surface area contributed by atoms with Gasteiger partial charge >= 0.3 is 0 Å². The number of alkyl halides is 1. The summed E-state index contributed by atoms with van der Waals surface area (Å²) in [4.78, 5) is 17.3. The van der Waals surface area contributed by atoms with Crippen molar-refractivity contribution in [3.05, 3.63) is 71.8 Å². The fourth-order valence-electron chi connectivity index (χ4n) is 4.82. The van der Waals surface area contributed by atoms with E-state index >= 15 is 4.39 Å². The van der Waals surface area contributed by atoms with E-state index in [4.69, 9.17) is 0 Å². The number of rotatable bonds is 5. The summed E-state index contributed by atoms with van der Waals surface area (Å²) in [6.45, 7) is 1.26. The van der Waals surface area contributed by atoms with E-state index in [1.807, 2.05) is 64.3 Å². The van der Waals surface area contributed by atoms with Crippen molar-refractivity contribution in [1.82, 2.24) is 12.9 Å². The summed E-state index contributed by atoms with van der Waals surface area (Å²) in [5.41, 5.74) is 3.16. The fraction of sp³-hybridized carbons (Fsp3) is 0.304. The van der Waals surface area contributed by atoms with Crippen molar-refractivity contribution in [3.63, 3.8) is 0 Å². The number of carbonyl (C=O) groups excluding carboxylic acids is 1. The van der Waals surface area contributed by atoms with Crippen LogP contribution in [-0.2, 0) is 16.8 Å². The number of hydrogen-bond acceptors (Lipinski definition) is 3. The van der Waals surface area contributed by atoms with Gasteiger partial charge in [-0.15, -0.1) is 0 Å². The molecule has 0 radical (unpaired) electrons. The number of anilines is 1. The maximum absolute atomic E-state index is 15.0. The lowest BCUT2D eigenvalue weighted by Crippen LogP contribution is -2.42. The van der Waals surface area contributed by atoms with E-state index in [-0.39, 0.29) is 18.3 Å². The first-order chi connectivity index (χ1) is 15.0. The van der Waals surface area contributed by atoms with E-state index < -0.39 is 12.1 Å². The van der Waals surface area contributed by atoms with Crippen LogP contribution in [0.15, 0.2) is 54.9 Å². The molecule has 5 rings (SSSR count). The topological polar surface area (TPSA) is 41.4 Å². The van der Waals surface area contributed by atoms with Gasteiger partial charge in [0.2, 0.25) is 5.91 Å². The Morgan fingerprint density at radius 1 is 1.16 bits per heavy atom. The zero-order chi connectivity index (χ0) is 21.6. The molecule has 2 aliphatic heterocycles. The molecule has 0 saturated carbocycles. The molecule has 5 nitrogen and oxygen atoms in total. The minimum absolute atomic E-state index is 0.0234. The number of hydrogen-bond donors (Lipinski definition) is 0. The molecule has 0 bridgehead atoms. The van der Waals surface area contributed by atoms with E-state index in [0.717, 1.165) is 22.4 Å². The predicted octanol–water partition coefficient (Wildman–Crippen LogP) is 4.35. The lowest BCUT2D eigenvalue weighted by atomic mass is 9.81. The lowest BCUT2D eigenvalue weighted by molar-refractivity contribution is -0.122. The molecule has 2 aliphatic rings. The van der Waals surface area contributed by atoms with Gasteiger partial charge < -0.3 is 4.90 Å². The SMILES string of the molecule is O=C1N(Cc2ccc(-c3cnn(I)c3)cc2F)c2ccccc2C12CCN(CCF)C2. The van der Waals surface area contributed by atoms with Crippen LogP contribution in [0.25, 0.3) is 11.1 Å². The number of benzene rings is 2. The molecule has 1 unspecified atom stereocenters. The molecule has 3 aromatic rings. The summed E-state index contributed by atoms with van der Waals surface area (Å²) in [5.74, 6) is -0.375. The van der Waals surface area contributed by atoms with Crippen LogP contribution in [0.3, 0.4) is 0 Å². The van der Waals surface area contributed by atoms with Gasteiger partial charge in [0.25, 0.3) is 0 Å². The van der Waals surface area contributed by atoms with Crippen molar-refractivity contribution in [2.45, 2.75) is 18.4 Å². The van der Waals surface area contributed by atoms with Crippen molar-refractivity contribution < 1.29 is 13.6 Å². The fourth-order valence-corrected chi connectivity index (χ4v) is 5.25. The Morgan fingerprint density at radius 2 is 2.00 bits per heavy atom. The zero-order valence-electron chi connectivity index (χ0n) is 16.8. The summed E-state index contributed by atoms with van der Waals surface area (Å²) in [5, 5.41) is 4.12. The third-order valence-corrected chi connectivity index (χ3v) is 6.91. The van der Waals surface area contributed by atoms with Gasteiger partial charge in [-0.3, -0.25) is 9.69 Å². The first-order valence-electron chi connectivity index (χ1n) is 10.2. The van der Waals surface area contributed by atoms with Crippen LogP contribution in [0.5, 0.6) is 0 Å². The molecule has 1 fully saturated rings. The molecule has 1 amide bonds. The molecule has 1 atom stereocenters. The number of para-hydroxylation sites is 1. The molecule has 1 aromatic heterocycles. The number of halogens is 3. The average molecular weight is 534 g/mol. The second-order valence-electron chi connectivity index (χ2n) is 8.13. The number of fused-ring (bicyclic) bond motifs is 2. The first kappa shape index (κ1) is 20.6. The normalized spacial score (nSPS) is 20.7. The maximum atomic E-state index is 15.0. The molecule has 0 aliphatic carbocycles. The van der Waals surface area contributed by atoms with Gasteiger partial charge in [0.15, 0.2) is 0 Å². The third-order valence-electron chi connectivity index (χ3n) is 6.38. The monoisotopic (exact) mass is 534 g/mol. The molecule has 1 saturated heterocycles. The van der Waals surface area contributed by atoms with Crippen molar-refractivity contribution >= 4 is 34.5 Å². The molecule has 0 N–H and O–H groups in total. The van der Waals surface area contributed by atoms with Gasteiger partial charge in [0, 0.05) is 36.1 Å². The van der Waals surface area contributed by atoms with Gasteiger partial charge in [0.05, 0.1) is 41.0 Å². The second kappa shape index (κ2) is 7.98. The summed E-state index contributed by atoms with van der Waals surface area (Å²) in [6.07, 6.45) is 4.16. The molecule has 160 valence electrons. The highest BCUT2D eigenvalue weighted by atomic mass is 127. The number of amides is 1. The molecule has 8 heteroatoms. The zero-order valence-corrected chi connectivity index (χ0v) is 18.9. The van der Waals surface area contributed by atoms with Crippen molar-refractivity contribution in [2.75, 3.05) is 31.2 Å². The standard InChI is InChI=1S/C23H21F2IN4O/c24-8-10-28-9-7-23(15-28)19-3-1-2-4-21(19)29(22(23)31)13-17-6-5-16(11-20(17)25)18-12-27-30(26)14-18/h1-6,11-12,14H,7-10,13,15H2.